The summed E-state index contributed by atoms with van der Waals surface area (Å²) in [6.07, 6.45) is 2.25. The van der Waals surface area contributed by atoms with Gasteiger partial charge in [0.15, 0.2) is 5.01 Å². The molecule has 7 nitrogen and oxygen atoms in total. The molecule has 0 aliphatic rings. The number of benzene rings is 1. The molecule has 0 spiro atoms. The third-order valence-corrected chi connectivity index (χ3v) is 5.17. The first-order chi connectivity index (χ1) is 14.2. The minimum absolute atomic E-state index is 0.0240. The van der Waals surface area contributed by atoms with Gasteiger partial charge in [0.05, 0.1) is 29.0 Å². The Kier molecular flexibility index (Phi) is 5.87. The summed E-state index contributed by atoms with van der Waals surface area (Å²) in [4.78, 5) is 28.3. The zero-order chi connectivity index (χ0) is 20.1. The number of fused-ring (bicyclic) bond motifs is 1. The molecule has 0 atom stereocenters. The van der Waals surface area contributed by atoms with E-state index in [2.05, 4.69) is 30.6 Å². The maximum atomic E-state index is 13.6. The smallest absolute Gasteiger partial charge is 0.280 e. The normalized spacial score (nSPS) is 11.1. The van der Waals surface area contributed by atoms with Gasteiger partial charge in [-0.25, -0.2) is 14.4 Å². The van der Waals surface area contributed by atoms with Crippen LogP contribution < -0.4 is 10.6 Å². The molecule has 0 unspecified atom stereocenters. The second-order valence-electron chi connectivity index (χ2n) is 6.39. The second-order valence-corrected chi connectivity index (χ2v) is 7.24. The number of amides is 1. The van der Waals surface area contributed by atoms with E-state index in [1.165, 1.54) is 29.7 Å². The fourth-order valence-corrected chi connectivity index (χ4v) is 3.56. The lowest BCUT2D eigenvalue weighted by Crippen LogP contribution is -2.24. The van der Waals surface area contributed by atoms with Crippen LogP contribution >= 0.6 is 11.3 Å². The summed E-state index contributed by atoms with van der Waals surface area (Å²) in [5.74, 6) is 0.147. The van der Waals surface area contributed by atoms with E-state index in [0.29, 0.717) is 11.6 Å². The van der Waals surface area contributed by atoms with Crippen LogP contribution in [0.2, 0.25) is 0 Å². The standard InChI is InChI=1S/C20H19FN6OS/c21-14-4-3-8-23-17(14)11-24-19(28)20-25-13(12-29-20)10-22-9-7-18-26-15-5-1-2-6-16(15)27-18/h1-6,8,12,22H,7,9-11H2,(H,24,28)(H,26,27). The van der Waals surface area contributed by atoms with E-state index >= 15 is 0 Å². The zero-order valence-electron chi connectivity index (χ0n) is 15.5. The molecule has 29 heavy (non-hydrogen) atoms. The lowest BCUT2D eigenvalue weighted by Gasteiger charge is -2.03. The van der Waals surface area contributed by atoms with Crippen molar-refractivity contribution in [3.05, 3.63) is 76.0 Å². The number of nitrogens with zero attached hydrogens (tertiary/aromatic N) is 3. The fraction of sp³-hybridized carbons (Fsp3) is 0.200. The van der Waals surface area contributed by atoms with Crippen LogP contribution in [0, 0.1) is 5.82 Å². The Morgan fingerprint density at radius 3 is 2.90 bits per heavy atom. The van der Waals surface area contributed by atoms with Crippen LogP contribution in [-0.4, -0.2) is 32.4 Å². The van der Waals surface area contributed by atoms with Gasteiger partial charge in [-0.15, -0.1) is 11.3 Å². The van der Waals surface area contributed by atoms with Crippen molar-refractivity contribution in [1.82, 2.24) is 30.6 Å². The molecule has 0 fully saturated rings. The van der Waals surface area contributed by atoms with E-state index in [-0.39, 0.29) is 18.1 Å². The van der Waals surface area contributed by atoms with Crippen LogP contribution in [-0.2, 0) is 19.5 Å². The van der Waals surface area contributed by atoms with Crippen molar-refractivity contribution in [3.63, 3.8) is 0 Å². The third kappa shape index (κ3) is 4.82. The van der Waals surface area contributed by atoms with Crippen molar-refractivity contribution >= 4 is 28.3 Å². The van der Waals surface area contributed by atoms with E-state index in [0.717, 1.165) is 35.5 Å². The number of pyridine rings is 1. The van der Waals surface area contributed by atoms with E-state index < -0.39 is 5.82 Å². The van der Waals surface area contributed by atoms with Gasteiger partial charge in [0.2, 0.25) is 0 Å². The Labute approximate surface area is 170 Å². The summed E-state index contributed by atoms with van der Waals surface area (Å²) in [6, 6.07) is 10.7. The molecule has 0 saturated carbocycles. The number of H-pyrrole nitrogens is 1. The Bertz CT molecular complexity index is 1090. The van der Waals surface area contributed by atoms with Gasteiger partial charge in [0.1, 0.15) is 11.6 Å². The molecular weight excluding hydrogens is 391 g/mol. The maximum absolute atomic E-state index is 13.6. The van der Waals surface area contributed by atoms with E-state index in [1.54, 1.807) is 0 Å². The predicted molar refractivity (Wildman–Crippen MR) is 109 cm³/mol. The summed E-state index contributed by atoms with van der Waals surface area (Å²) in [6.45, 7) is 1.31. The van der Waals surface area contributed by atoms with Crippen LogP contribution in [0.25, 0.3) is 11.0 Å². The molecule has 1 aromatic carbocycles. The van der Waals surface area contributed by atoms with Crippen molar-refractivity contribution < 1.29 is 9.18 Å². The van der Waals surface area contributed by atoms with Gasteiger partial charge >= 0.3 is 0 Å². The number of thiazole rings is 1. The van der Waals surface area contributed by atoms with Crippen molar-refractivity contribution in [2.24, 2.45) is 0 Å². The summed E-state index contributed by atoms with van der Waals surface area (Å²) in [5.41, 5.74) is 2.98. The van der Waals surface area contributed by atoms with Crippen LogP contribution in [0.1, 0.15) is 27.0 Å². The monoisotopic (exact) mass is 410 g/mol. The van der Waals surface area contributed by atoms with Crippen molar-refractivity contribution in [3.8, 4) is 0 Å². The highest BCUT2D eigenvalue weighted by Gasteiger charge is 2.12. The summed E-state index contributed by atoms with van der Waals surface area (Å²) < 4.78 is 13.6. The first kappa shape index (κ1) is 19.2. The molecule has 0 aliphatic heterocycles. The number of hydrogen-bond acceptors (Lipinski definition) is 6. The molecule has 148 valence electrons. The van der Waals surface area contributed by atoms with Crippen LogP contribution in [0.4, 0.5) is 4.39 Å². The summed E-state index contributed by atoms with van der Waals surface area (Å²) in [7, 11) is 0. The number of carbonyl (C=O) groups excluding carboxylic acids is 1. The maximum Gasteiger partial charge on any atom is 0.280 e. The average molecular weight is 410 g/mol. The first-order valence-electron chi connectivity index (χ1n) is 9.15. The highest BCUT2D eigenvalue weighted by Crippen LogP contribution is 2.12. The quantitative estimate of drug-likeness (QED) is 0.388. The molecule has 0 aliphatic carbocycles. The molecule has 0 saturated heterocycles. The number of rotatable bonds is 8. The van der Waals surface area contributed by atoms with Gasteiger partial charge in [-0.2, -0.15) is 0 Å². The van der Waals surface area contributed by atoms with Gasteiger partial charge in [-0.05, 0) is 24.3 Å². The number of aromatic amines is 1. The second kappa shape index (κ2) is 8.89. The van der Waals surface area contributed by atoms with E-state index in [1.807, 2.05) is 29.6 Å². The molecule has 4 aromatic rings. The van der Waals surface area contributed by atoms with Crippen LogP contribution in [0.5, 0.6) is 0 Å². The highest BCUT2D eigenvalue weighted by molar-refractivity contribution is 7.11. The Balaban J connectivity index is 1.23. The van der Waals surface area contributed by atoms with Crippen molar-refractivity contribution in [2.45, 2.75) is 19.5 Å². The van der Waals surface area contributed by atoms with E-state index in [4.69, 9.17) is 0 Å². The van der Waals surface area contributed by atoms with Gasteiger partial charge in [-0.1, -0.05) is 12.1 Å². The van der Waals surface area contributed by atoms with Gasteiger partial charge in [0.25, 0.3) is 5.91 Å². The third-order valence-electron chi connectivity index (χ3n) is 4.28. The largest absolute Gasteiger partial charge is 0.344 e. The lowest BCUT2D eigenvalue weighted by molar-refractivity contribution is 0.0949. The lowest BCUT2D eigenvalue weighted by atomic mass is 10.3. The minimum atomic E-state index is -0.443. The number of halogens is 1. The molecule has 3 heterocycles. The SMILES string of the molecule is O=C(NCc1ncccc1F)c1nc(CNCCc2nc3ccccc3[nH]2)cs1. The Hall–Kier alpha value is -3.17. The molecule has 3 aromatic heterocycles. The van der Waals surface area contributed by atoms with Gasteiger partial charge < -0.3 is 15.6 Å². The topological polar surface area (TPSA) is 95.6 Å². The molecular formula is C20H19FN6OS. The molecule has 0 bridgehead atoms. The van der Waals surface area contributed by atoms with Gasteiger partial charge in [0, 0.05) is 31.1 Å². The number of carbonyl (C=O) groups is 1. The molecule has 9 heteroatoms. The minimum Gasteiger partial charge on any atom is -0.344 e. The fourth-order valence-electron chi connectivity index (χ4n) is 2.83. The van der Waals surface area contributed by atoms with Crippen LogP contribution in [0.15, 0.2) is 48.0 Å². The highest BCUT2D eigenvalue weighted by atomic mass is 32.1. The molecule has 1 amide bonds. The van der Waals surface area contributed by atoms with E-state index in [9.17, 15) is 9.18 Å². The number of aromatic nitrogens is 4. The van der Waals surface area contributed by atoms with Crippen molar-refractivity contribution in [1.29, 1.82) is 0 Å². The first-order valence-corrected chi connectivity index (χ1v) is 10.0. The molecule has 0 radical (unpaired) electrons. The summed E-state index contributed by atoms with van der Waals surface area (Å²) >= 11 is 1.26. The summed E-state index contributed by atoms with van der Waals surface area (Å²) in [5, 5.41) is 8.13. The number of imidazole rings is 1. The number of para-hydroxylation sites is 2. The number of hydrogen-bond donors (Lipinski definition) is 3. The zero-order valence-corrected chi connectivity index (χ0v) is 16.3. The Morgan fingerprint density at radius 2 is 2.03 bits per heavy atom. The number of nitrogens with one attached hydrogen (secondary N) is 3. The molecule has 4 rings (SSSR count). The molecule has 3 N–H and O–H groups in total. The van der Waals surface area contributed by atoms with Crippen molar-refractivity contribution in [2.75, 3.05) is 6.54 Å². The van der Waals surface area contributed by atoms with Gasteiger partial charge in [-0.3, -0.25) is 9.78 Å². The predicted octanol–water partition coefficient (Wildman–Crippen LogP) is 2.82. The average Bonchev–Trinajstić information content (AvgIpc) is 3.37. The van der Waals surface area contributed by atoms with Crippen LogP contribution in [0.3, 0.4) is 0 Å². The Morgan fingerprint density at radius 1 is 1.14 bits per heavy atom.